The normalized spacial score (nSPS) is 16.2. The van der Waals surface area contributed by atoms with E-state index >= 15 is 0 Å². The van der Waals surface area contributed by atoms with Crippen LogP contribution in [0.15, 0.2) is 42.5 Å². The van der Waals surface area contributed by atoms with Gasteiger partial charge in [0, 0.05) is 25.6 Å². The molecule has 1 aliphatic heterocycles. The number of hydrogen-bond donors (Lipinski definition) is 1. The first-order chi connectivity index (χ1) is 17.3. The number of nitrogens with one attached hydrogen (secondary N) is 1. The van der Waals surface area contributed by atoms with Gasteiger partial charge in [0.25, 0.3) is 11.8 Å². The van der Waals surface area contributed by atoms with Gasteiger partial charge in [0.15, 0.2) is 0 Å². The highest BCUT2D eigenvalue weighted by Crippen LogP contribution is 2.25. The molecule has 36 heavy (non-hydrogen) atoms. The number of rotatable bonds is 9. The molecular weight excluding hydrogens is 501 g/mol. The van der Waals surface area contributed by atoms with Crippen molar-refractivity contribution in [1.82, 2.24) is 15.1 Å². The van der Waals surface area contributed by atoms with Crippen molar-refractivity contribution in [2.24, 2.45) is 0 Å². The Labute approximate surface area is 220 Å². The molecule has 0 spiro atoms. The van der Waals surface area contributed by atoms with Crippen molar-refractivity contribution < 1.29 is 19.2 Å². The van der Waals surface area contributed by atoms with Crippen LogP contribution in [0.4, 0.5) is 0 Å². The van der Waals surface area contributed by atoms with Gasteiger partial charge in [-0.15, -0.1) is 0 Å². The average Bonchev–Trinajstić information content (AvgIpc) is 3.46. The minimum absolute atomic E-state index is 0.0791. The number of hydrogen-bond acceptors (Lipinski definition) is 4. The van der Waals surface area contributed by atoms with Gasteiger partial charge < -0.3 is 10.2 Å². The molecule has 0 unspecified atom stereocenters. The predicted octanol–water partition coefficient (Wildman–Crippen LogP) is 4.85. The van der Waals surface area contributed by atoms with Crippen molar-refractivity contribution >= 4 is 46.8 Å². The van der Waals surface area contributed by atoms with Crippen molar-refractivity contribution in [3.05, 3.63) is 69.2 Å². The molecule has 0 saturated heterocycles. The largest absolute Gasteiger partial charge is 0.352 e. The maximum Gasteiger partial charge on any atom is 0.261 e. The second-order valence-electron chi connectivity index (χ2n) is 9.35. The zero-order chi connectivity index (χ0) is 25.8. The third kappa shape index (κ3) is 5.73. The number of imide groups is 1. The van der Waals surface area contributed by atoms with Crippen molar-refractivity contribution in [3.63, 3.8) is 0 Å². The molecule has 2 aromatic carbocycles. The smallest absolute Gasteiger partial charge is 0.261 e. The Bertz CT molecular complexity index is 1140. The fourth-order valence-corrected chi connectivity index (χ4v) is 5.10. The van der Waals surface area contributed by atoms with Crippen LogP contribution in [0.25, 0.3) is 0 Å². The molecule has 0 aromatic heterocycles. The molecule has 2 aliphatic rings. The molecule has 190 valence electrons. The Morgan fingerprint density at radius 2 is 1.67 bits per heavy atom. The molecule has 1 atom stereocenters. The van der Waals surface area contributed by atoms with Crippen LogP contribution in [0.1, 0.15) is 71.7 Å². The summed E-state index contributed by atoms with van der Waals surface area (Å²) in [5, 5.41) is 3.84. The van der Waals surface area contributed by atoms with E-state index in [0.717, 1.165) is 31.2 Å². The average molecular weight is 530 g/mol. The van der Waals surface area contributed by atoms with Crippen molar-refractivity contribution in [2.45, 2.75) is 64.1 Å². The van der Waals surface area contributed by atoms with Crippen LogP contribution in [0.3, 0.4) is 0 Å². The monoisotopic (exact) mass is 529 g/mol. The van der Waals surface area contributed by atoms with Gasteiger partial charge in [0.1, 0.15) is 6.04 Å². The molecule has 7 nitrogen and oxygen atoms in total. The Morgan fingerprint density at radius 1 is 1.03 bits per heavy atom. The number of benzene rings is 2. The van der Waals surface area contributed by atoms with Gasteiger partial charge in [0.05, 0.1) is 21.2 Å². The van der Waals surface area contributed by atoms with E-state index < -0.39 is 6.04 Å². The van der Waals surface area contributed by atoms with Crippen LogP contribution in [0.5, 0.6) is 0 Å². The first-order valence-corrected chi connectivity index (χ1v) is 13.0. The second kappa shape index (κ2) is 11.4. The van der Waals surface area contributed by atoms with E-state index in [-0.39, 0.29) is 49.2 Å². The minimum Gasteiger partial charge on any atom is -0.352 e. The fraction of sp³-hybridized carbons (Fsp3) is 0.407. The highest BCUT2D eigenvalue weighted by Gasteiger charge is 2.35. The topological polar surface area (TPSA) is 86.8 Å². The van der Waals surface area contributed by atoms with E-state index in [4.69, 9.17) is 23.2 Å². The summed E-state index contributed by atoms with van der Waals surface area (Å²) < 4.78 is 0. The standard InChI is InChI=1S/C27H29Cl2N3O4/c1-17(25(34)30-19-7-2-3-8-19)32(16-18-12-13-22(28)23(29)15-18)24(33)11-6-14-31-26(35)20-9-4-5-10-21(20)27(31)36/h4-5,9-10,12-13,15,17,19H,2-3,6-8,11,14,16H2,1H3,(H,30,34)/t17-/m1/s1. The van der Waals surface area contributed by atoms with E-state index in [1.54, 1.807) is 49.4 Å². The Balaban J connectivity index is 1.42. The molecule has 4 amide bonds. The fourth-order valence-electron chi connectivity index (χ4n) is 4.78. The summed E-state index contributed by atoms with van der Waals surface area (Å²) in [6.07, 6.45) is 4.43. The van der Waals surface area contributed by atoms with Crippen LogP contribution in [-0.4, -0.2) is 52.1 Å². The molecule has 1 aliphatic carbocycles. The van der Waals surface area contributed by atoms with Gasteiger partial charge in [-0.2, -0.15) is 0 Å². The van der Waals surface area contributed by atoms with E-state index in [2.05, 4.69) is 5.32 Å². The van der Waals surface area contributed by atoms with E-state index in [1.807, 2.05) is 0 Å². The minimum atomic E-state index is -0.702. The van der Waals surface area contributed by atoms with Gasteiger partial charge in [0.2, 0.25) is 11.8 Å². The molecule has 2 aromatic rings. The number of fused-ring (bicyclic) bond motifs is 1. The lowest BCUT2D eigenvalue weighted by molar-refractivity contribution is -0.141. The van der Waals surface area contributed by atoms with Gasteiger partial charge in [-0.3, -0.25) is 24.1 Å². The third-order valence-electron chi connectivity index (χ3n) is 6.86. The van der Waals surface area contributed by atoms with E-state index in [9.17, 15) is 19.2 Å². The summed E-state index contributed by atoms with van der Waals surface area (Å²) in [7, 11) is 0. The van der Waals surface area contributed by atoms with Crippen LogP contribution >= 0.6 is 23.2 Å². The predicted molar refractivity (Wildman–Crippen MR) is 138 cm³/mol. The Hall–Kier alpha value is -2.90. The molecule has 9 heteroatoms. The second-order valence-corrected chi connectivity index (χ2v) is 10.2. The zero-order valence-electron chi connectivity index (χ0n) is 20.1. The molecule has 0 radical (unpaired) electrons. The highest BCUT2D eigenvalue weighted by molar-refractivity contribution is 6.42. The lowest BCUT2D eigenvalue weighted by Gasteiger charge is -2.30. The maximum absolute atomic E-state index is 13.3. The van der Waals surface area contributed by atoms with Crippen LogP contribution in [0, 0.1) is 0 Å². The molecule has 1 fully saturated rings. The van der Waals surface area contributed by atoms with E-state index in [1.165, 1.54) is 9.80 Å². The Kier molecular flexibility index (Phi) is 8.32. The number of carbonyl (C=O) groups is 4. The molecular formula is C27H29Cl2N3O4. The lowest BCUT2D eigenvalue weighted by Crippen LogP contribution is -2.49. The van der Waals surface area contributed by atoms with Crippen LogP contribution < -0.4 is 5.32 Å². The van der Waals surface area contributed by atoms with Gasteiger partial charge >= 0.3 is 0 Å². The first kappa shape index (κ1) is 26.2. The number of nitrogens with zero attached hydrogens (tertiary/aromatic N) is 2. The summed E-state index contributed by atoms with van der Waals surface area (Å²) in [4.78, 5) is 54.3. The van der Waals surface area contributed by atoms with Crippen molar-refractivity contribution in [2.75, 3.05) is 6.54 Å². The number of carbonyl (C=O) groups excluding carboxylic acids is 4. The summed E-state index contributed by atoms with van der Waals surface area (Å²) in [5.74, 6) is -1.14. The molecule has 0 bridgehead atoms. The quantitative estimate of drug-likeness (QED) is 0.470. The molecule has 1 heterocycles. The molecule has 4 rings (SSSR count). The molecule has 1 N–H and O–H groups in total. The van der Waals surface area contributed by atoms with Gasteiger partial charge in [-0.05, 0) is 56.0 Å². The number of halogens is 2. The van der Waals surface area contributed by atoms with Crippen molar-refractivity contribution in [3.8, 4) is 0 Å². The zero-order valence-corrected chi connectivity index (χ0v) is 21.6. The first-order valence-electron chi connectivity index (χ1n) is 12.2. The van der Waals surface area contributed by atoms with Crippen molar-refractivity contribution in [1.29, 1.82) is 0 Å². The lowest BCUT2D eigenvalue weighted by atomic mass is 10.1. The maximum atomic E-state index is 13.3. The molecule has 1 saturated carbocycles. The number of amides is 4. The van der Waals surface area contributed by atoms with Gasteiger partial charge in [-0.1, -0.05) is 54.2 Å². The summed E-state index contributed by atoms with van der Waals surface area (Å²) in [6, 6.07) is 11.2. The summed E-state index contributed by atoms with van der Waals surface area (Å²) in [5.41, 5.74) is 1.51. The third-order valence-corrected chi connectivity index (χ3v) is 7.60. The van der Waals surface area contributed by atoms with Crippen LogP contribution in [-0.2, 0) is 16.1 Å². The van der Waals surface area contributed by atoms with E-state index in [0.29, 0.717) is 27.6 Å². The van der Waals surface area contributed by atoms with Gasteiger partial charge in [-0.25, -0.2) is 0 Å². The summed E-state index contributed by atoms with van der Waals surface area (Å²) in [6.45, 7) is 2.02. The highest BCUT2D eigenvalue weighted by atomic mass is 35.5. The Morgan fingerprint density at radius 3 is 2.28 bits per heavy atom. The van der Waals surface area contributed by atoms with Crippen LogP contribution in [0.2, 0.25) is 10.0 Å². The SMILES string of the molecule is C[C@H](C(=O)NC1CCCC1)N(Cc1ccc(Cl)c(Cl)c1)C(=O)CCCN1C(=O)c2ccccc2C1=O. The summed E-state index contributed by atoms with van der Waals surface area (Å²) >= 11 is 12.2.